The number of carbonyl (C=O) groups is 3. The number of nitrogens with zero attached hydrogens (tertiary/aromatic N) is 2. The van der Waals surface area contributed by atoms with Crippen molar-refractivity contribution in [2.75, 3.05) is 7.11 Å². The van der Waals surface area contributed by atoms with E-state index >= 15 is 0 Å². The van der Waals surface area contributed by atoms with E-state index in [2.05, 4.69) is 0 Å². The summed E-state index contributed by atoms with van der Waals surface area (Å²) in [6.45, 7) is 0.254. The van der Waals surface area contributed by atoms with Gasteiger partial charge < -0.3 is 4.74 Å². The predicted molar refractivity (Wildman–Crippen MR) is 104 cm³/mol. The fourth-order valence-electron chi connectivity index (χ4n) is 3.58. The van der Waals surface area contributed by atoms with Gasteiger partial charge in [-0.1, -0.05) is 41.9 Å². The quantitative estimate of drug-likeness (QED) is 0.628. The Morgan fingerprint density at radius 1 is 1.18 bits per heavy atom. The van der Waals surface area contributed by atoms with Crippen LogP contribution in [-0.4, -0.2) is 34.5 Å². The van der Waals surface area contributed by atoms with Crippen LogP contribution >= 0.6 is 11.6 Å². The van der Waals surface area contributed by atoms with Crippen LogP contribution in [0.4, 0.5) is 4.79 Å². The second kappa shape index (κ2) is 7.13. The summed E-state index contributed by atoms with van der Waals surface area (Å²) >= 11 is 6.40. The average Bonchev–Trinajstić information content (AvgIpc) is 3.25. The number of aromatic nitrogens is 1. The summed E-state index contributed by atoms with van der Waals surface area (Å²) in [5.41, 5.74) is 2.07. The van der Waals surface area contributed by atoms with Crippen molar-refractivity contribution in [3.05, 3.63) is 70.9 Å². The van der Waals surface area contributed by atoms with Crippen molar-refractivity contribution >= 4 is 40.4 Å². The summed E-state index contributed by atoms with van der Waals surface area (Å²) in [6, 6.07) is 14.6. The van der Waals surface area contributed by atoms with Crippen molar-refractivity contribution in [2.45, 2.75) is 18.9 Å². The molecule has 0 bridgehead atoms. The highest BCUT2D eigenvalue weighted by molar-refractivity contribution is 6.35. The minimum atomic E-state index is -0.584. The van der Waals surface area contributed by atoms with E-state index in [1.165, 1.54) is 16.6 Å². The zero-order chi connectivity index (χ0) is 19.8. The lowest BCUT2D eigenvalue weighted by Gasteiger charge is -2.15. The third kappa shape index (κ3) is 3.05. The lowest BCUT2D eigenvalue weighted by molar-refractivity contribution is -0.139. The van der Waals surface area contributed by atoms with Gasteiger partial charge in [0.05, 0.1) is 30.1 Å². The van der Waals surface area contributed by atoms with Gasteiger partial charge in [0.2, 0.25) is 11.8 Å². The minimum absolute atomic E-state index is 0.102. The van der Waals surface area contributed by atoms with Crippen LogP contribution in [0.3, 0.4) is 0 Å². The van der Waals surface area contributed by atoms with Crippen LogP contribution in [-0.2, 0) is 20.9 Å². The van der Waals surface area contributed by atoms with Crippen molar-refractivity contribution in [1.29, 1.82) is 0 Å². The maximum Gasteiger partial charge on any atom is 0.418 e. The van der Waals surface area contributed by atoms with E-state index in [1.54, 1.807) is 24.4 Å². The number of fused-ring (bicyclic) bond motifs is 1. The average molecular weight is 397 g/mol. The van der Waals surface area contributed by atoms with E-state index in [0.717, 1.165) is 5.56 Å². The number of methoxy groups -OCH3 is 1. The van der Waals surface area contributed by atoms with Gasteiger partial charge in [-0.25, -0.2) is 4.79 Å². The van der Waals surface area contributed by atoms with Crippen molar-refractivity contribution in [1.82, 2.24) is 9.47 Å². The molecule has 0 aliphatic carbocycles. The number of halogens is 1. The fourth-order valence-corrected chi connectivity index (χ4v) is 3.91. The first-order valence-corrected chi connectivity index (χ1v) is 9.14. The van der Waals surface area contributed by atoms with Crippen LogP contribution < -0.4 is 0 Å². The number of likely N-dealkylation sites (tertiary alicyclic amines) is 1. The molecule has 4 rings (SSSR count). The first-order valence-electron chi connectivity index (χ1n) is 8.76. The third-order valence-electron chi connectivity index (χ3n) is 4.96. The summed E-state index contributed by atoms with van der Waals surface area (Å²) in [4.78, 5) is 38.5. The molecule has 142 valence electrons. The maximum absolute atomic E-state index is 12.9. The van der Waals surface area contributed by atoms with Crippen LogP contribution in [0, 0.1) is 0 Å². The number of hydrogen-bond acceptors (Lipinski definition) is 4. The molecule has 3 aromatic rings. The number of ether oxygens (including phenoxy) is 1. The van der Waals surface area contributed by atoms with Gasteiger partial charge in [0.25, 0.3) is 0 Å². The van der Waals surface area contributed by atoms with Crippen molar-refractivity contribution in [2.24, 2.45) is 0 Å². The first-order chi connectivity index (χ1) is 13.5. The van der Waals surface area contributed by atoms with Crippen LogP contribution in [0.25, 0.3) is 10.9 Å². The van der Waals surface area contributed by atoms with E-state index in [1.807, 2.05) is 30.3 Å². The number of benzene rings is 2. The summed E-state index contributed by atoms with van der Waals surface area (Å²) in [6.07, 6.45) is 1.12. The molecule has 1 unspecified atom stereocenters. The van der Waals surface area contributed by atoms with Gasteiger partial charge in [0.1, 0.15) is 0 Å². The summed E-state index contributed by atoms with van der Waals surface area (Å²) in [5.74, 6) is -1.03. The van der Waals surface area contributed by atoms with E-state index in [0.29, 0.717) is 21.5 Å². The number of imide groups is 1. The number of rotatable bonds is 3. The predicted octanol–water partition coefficient (Wildman–Crippen LogP) is 3.95. The lowest BCUT2D eigenvalue weighted by atomic mass is 9.96. The highest BCUT2D eigenvalue weighted by Crippen LogP contribution is 2.35. The molecular formula is C21H17ClN2O4. The van der Waals surface area contributed by atoms with Gasteiger partial charge >= 0.3 is 6.09 Å². The molecule has 1 aromatic heterocycles. The van der Waals surface area contributed by atoms with Crippen LogP contribution in [0.15, 0.2) is 54.7 Å². The molecule has 28 heavy (non-hydrogen) atoms. The standard InChI is InChI=1S/C21H17ClN2O4/c1-28-21(27)23-8-7-14-9-15(10-17(22)19(14)23)16-11-18(25)24(20(16)26)12-13-5-3-2-4-6-13/h2-10,16H,11-12H2,1H3. The molecule has 7 heteroatoms. The Kier molecular flexibility index (Phi) is 4.65. The number of hydrogen-bond donors (Lipinski definition) is 0. The highest BCUT2D eigenvalue weighted by atomic mass is 35.5. The molecule has 1 atom stereocenters. The smallest absolute Gasteiger partial charge is 0.418 e. The third-order valence-corrected chi connectivity index (χ3v) is 5.25. The zero-order valence-electron chi connectivity index (χ0n) is 15.1. The molecule has 6 nitrogen and oxygen atoms in total. The Morgan fingerprint density at radius 3 is 2.64 bits per heavy atom. The van der Waals surface area contributed by atoms with Gasteiger partial charge in [0, 0.05) is 18.0 Å². The maximum atomic E-state index is 12.9. The molecule has 0 N–H and O–H groups in total. The molecule has 1 aliphatic rings. The first kappa shape index (κ1) is 18.3. The second-order valence-corrected chi connectivity index (χ2v) is 7.06. The summed E-state index contributed by atoms with van der Waals surface area (Å²) in [7, 11) is 1.29. The topological polar surface area (TPSA) is 68.6 Å². The molecular weight excluding hydrogens is 380 g/mol. The van der Waals surface area contributed by atoms with Gasteiger partial charge in [-0.2, -0.15) is 0 Å². The van der Waals surface area contributed by atoms with Crippen LogP contribution in [0.2, 0.25) is 5.02 Å². The summed E-state index contributed by atoms with van der Waals surface area (Å²) in [5, 5.41) is 1.03. The van der Waals surface area contributed by atoms with E-state index in [4.69, 9.17) is 16.3 Å². The largest absolute Gasteiger partial charge is 0.452 e. The van der Waals surface area contributed by atoms with Crippen molar-refractivity contribution in [3.8, 4) is 0 Å². The Morgan fingerprint density at radius 2 is 1.93 bits per heavy atom. The fraction of sp³-hybridized carbons (Fsp3) is 0.190. The van der Waals surface area contributed by atoms with E-state index in [-0.39, 0.29) is 24.8 Å². The van der Waals surface area contributed by atoms with E-state index < -0.39 is 12.0 Å². The SMILES string of the molecule is COC(=O)n1ccc2cc(C3CC(=O)N(Cc4ccccc4)C3=O)cc(Cl)c21. The Hall–Kier alpha value is -3.12. The van der Waals surface area contributed by atoms with Gasteiger partial charge in [-0.15, -0.1) is 0 Å². The molecule has 0 saturated carbocycles. The Bertz CT molecular complexity index is 1090. The van der Waals surface area contributed by atoms with Crippen LogP contribution in [0.1, 0.15) is 23.5 Å². The van der Waals surface area contributed by atoms with Gasteiger partial charge in [0.15, 0.2) is 0 Å². The molecule has 0 spiro atoms. The monoisotopic (exact) mass is 396 g/mol. The lowest BCUT2D eigenvalue weighted by Crippen LogP contribution is -2.29. The molecule has 2 aromatic carbocycles. The zero-order valence-corrected chi connectivity index (χ0v) is 15.8. The normalized spacial score (nSPS) is 16.8. The van der Waals surface area contributed by atoms with E-state index in [9.17, 15) is 14.4 Å². The Balaban J connectivity index is 1.66. The molecule has 2 heterocycles. The summed E-state index contributed by atoms with van der Waals surface area (Å²) < 4.78 is 6.06. The molecule has 2 amide bonds. The minimum Gasteiger partial charge on any atom is -0.452 e. The molecule has 1 aliphatic heterocycles. The highest BCUT2D eigenvalue weighted by Gasteiger charge is 2.39. The van der Waals surface area contributed by atoms with Crippen molar-refractivity contribution < 1.29 is 19.1 Å². The Labute approximate surface area is 166 Å². The molecule has 1 fully saturated rings. The van der Waals surface area contributed by atoms with Gasteiger partial charge in [-0.3, -0.25) is 19.1 Å². The molecule has 1 saturated heterocycles. The number of amides is 2. The molecule has 0 radical (unpaired) electrons. The number of carbonyl (C=O) groups excluding carboxylic acids is 3. The van der Waals surface area contributed by atoms with Gasteiger partial charge in [-0.05, 0) is 29.3 Å². The second-order valence-electron chi connectivity index (χ2n) is 6.66. The van der Waals surface area contributed by atoms with Crippen LogP contribution in [0.5, 0.6) is 0 Å². The van der Waals surface area contributed by atoms with Crippen molar-refractivity contribution in [3.63, 3.8) is 0 Å².